The van der Waals surface area contributed by atoms with Crippen molar-refractivity contribution < 1.29 is 23.0 Å². The van der Waals surface area contributed by atoms with E-state index in [0.717, 1.165) is 12.1 Å². The predicted molar refractivity (Wildman–Crippen MR) is 143 cm³/mol. The van der Waals surface area contributed by atoms with Crippen LogP contribution >= 0.6 is 0 Å². The number of pyridine rings is 1. The van der Waals surface area contributed by atoms with E-state index in [1.807, 2.05) is 17.0 Å². The van der Waals surface area contributed by atoms with E-state index in [1.54, 1.807) is 31.0 Å². The Morgan fingerprint density at radius 2 is 1.95 bits per heavy atom. The first kappa shape index (κ1) is 28.7. The maximum absolute atomic E-state index is 13.3. The van der Waals surface area contributed by atoms with E-state index in [0.29, 0.717) is 37.7 Å². The summed E-state index contributed by atoms with van der Waals surface area (Å²) in [4.78, 5) is 20.0. The van der Waals surface area contributed by atoms with Crippen molar-refractivity contribution in [3.63, 3.8) is 0 Å². The second-order valence-electron chi connectivity index (χ2n) is 9.85. The average Bonchev–Trinajstić information content (AvgIpc) is 2.91. The van der Waals surface area contributed by atoms with Gasteiger partial charge in [-0.3, -0.25) is 9.89 Å². The van der Waals surface area contributed by atoms with E-state index >= 15 is 0 Å². The molecule has 4 rings (SSSR count). The lowest BCUT2D eigenvalue weighted by atomic mass is 10.00. The molecule has 13 heteroatoms. The van der Waals surface area contributed by atoms with Crippen molar-refractivity contribution in [2.24, 2.45) is 16.6 Å². The van der Waals surface area contributed by atoms with Crippen LogP contribution in [0.3, 0.4) is 0 Å². The van der Waals surface area contributed by atoms with Crippen molar-refractivity contribution in [1.29, 1.82) is 0 Å². The van der Waals surface area contributed by atoms with Crippen molar-refractivity contribution in [2.75, 3.05) is 43.0 Å². The number of anilines is 2. The molecule has 0 amide bonds. The van der Waals surface area contributed by atoms with E-state index in [2.05, 4.69) is 38.3 Å². The number of aliphatic imine (C=N–C) groups is 1. The molecule has 0 spiro atoms. The number of aromatic nitrogens is 3. The molecule has 10 nitrogen and oxygen atoms in total. The lowest BCUT2D eigenvalue weighted by Crippen LogP contribution is -2.53. The van der Waals surface area contributed by atoms with Gasteiger partial charge in [-0.05, 0) is 30.5 Å². The fraction of sp³-hybridized carbons (Fsp3) is 0.538. The van der Waals surface area contributed by atoms with Crippen LogP contribution in [0.15, 0.2) is 41.5 Å². The molecule has 39 heavy (non-hydrogen) atoms. The molecule has 0 bridgehead atoms. The van der Waals surface area contributed by atoms with Gasteiger partial charge in [-0.1, -0.05) is 26.8 Å². The minimum Gasteiger partial charge on any atom is -0.483 e. The Bertz CT molecular complexity index is 1180. The largest absolute Gasteiger partial charge is 0.483 e. The summed E-state index contributed by atoms with van der Waals surface area (Å²) in [6.45, 7) is 7.73. The van der Waals surface area contributed by atoms with Crippen LogP contribution in [-0.4, -0.2) is 76.0 Å². The molecule has 4 N–H and O–H groups in total. The second-order valence-corrected chi connectivity index (χ2v) is 9.85. The van der Waals surface area contributed by atoms with E-state index in [1.165, 1.54) is 6.07 Å². The monoisotopic (exact) mass is 548 g/mol. The van der Waals surface area contributed by atoms with E-state index in [9.17, 15) is 18.3 Å². The van der Waals surface area contributed by atoms with Crippen LogP contribution in [0.25, 0.3) is 0 Å². The standard InChI is InChI=1S/C26H35F3N8O2/c1-4-17-7-8-18(32-22(17)30)15-39-20-6-5-9-31-23(20)36-10-12-37(13-11-36)25(38)35-21-14-19(16(2)3)33-24(34-21)26(27,28)29/h5-9,14,16-17,22,25,38H,4,10-13,15,30H2,1-3H3,(H,33,34,35). The number of ether oxygens (including phenoxy) is 1. The lowest BCUT2D eigenvalue weighted by molar-refractivity contribution is -0.145. The zero-order valence-electron chi connectivity index (χ0n) is 22.3. The number of alkyl halides is 3. The highest BCUT2D eigenvalue weighted by Gasteiger charge is 2.36. The first-order chi connectivity index (χ1) is 18.5. The molecular formula is C26H35F3N8O2. The molecule has 3 atom stereocenters. The number of nitrogens with one attached hydrogen (secondary N) is 1. The van der Waals surface area contributed by atoms with Gasteiger partial charge in [0.2, 0.25) is 5.82 Å². The fourth-order valence-electron chi connectivity index (χ4n) is 4.39. The van der Waals surface area contributed by atoms with Gasteiger partial charge in [0.1, 0.15) is 18.6 Å². The van der Waals surface area contributed by atoms with Gasteiger partial charge in [-0.2, -0.15) is 13.2 Å². The molecule has 0 aromatic carbocycles. The first-order valence-corrected chi connectivity index (χ1v) is 13.0. The molecule has 0 aliphatic carbocycles. The number of hydrogen-bond acceptors (Lipinski definition) is 10. The number of nitrogens with zero attached hydrogens (tertiary/aromatic N) is 6. The number of aliphatic hydroxyl groups is 1. The smallest absolute Gasteiger partial charge is 0.451 e. The fourth-order valence-corrected chi connectivity index (χ4v) is 4.39. The van der Waals surface area contributed by atoms with Crippen molar-refractivity contribution >= 4 is 17.3 Å². The molecule has 3 unspecified atom stereocenters. The third-order valence-corrected chi connectivity index (χ3v) is 6.71. The van der Waals surface area contributed by atoms with Gasteiger partial charge >= 0.3 is 6.18 Å². The van der Waals surface area contributed by atoms with Crippen LogP contribution in [-0.2, 0) is 6.18 Å². The summed E-state index contributed by atoms with van der Waals surface area (Å²) in [6, 6.07) is 5.06. The number of rotatable bonds is 9. The van der Waals surface area contributed by atoms with Gasteiger partial charge in [0, 0.05) is 50.1 Å². The number of dihydropyridines is 1. The second kappa shape index (κ2) is 12.3. The molecule has 0 radical (unpaired) electrons. The summed E-state index contributed by atoms with van der Waals surface area (Å²) in [5.41, 5.74) is 7.13. The van der Waals surface area contributed by atoms with Crippen LogP contribution in [0.1, 0.15) is 44.6 Å². The minimum absolute atomic E-state index is 0.0824. The Morgan fingerprint density at radius 3 is 2.59 bits per heavy atom. The molecule has 2 aliphatic rings. The molecule has 1 saturated heterocycles. The zero-order chi connectivity index (χ0) is 28.2. The Hall–Kier alpha value is -3.29. The highest BCUT2D eigenvalue weighted by molar-refractivity contribution is 5.97. The maximum Gasteiger partial charge on any atom is 0.451 e. The quantitative estimate of drug-likeness (QED) is 0.405. The number of piperazine rings is 1. The summed E-state index contributed by atoms with van der Waals surface area (Å²) in [5, 5.41) is 13.4. The van der Waals surface area contributed by atoms with Crippen molar-refractivity contribution in [3.05, 3.63) is 48.1 Å². The first-order valence-electron chi connectivity index (χ1n) is 13.0. The Balaban J connectivity index is 1.36. The summed E-state index contributed by atoms with van der Waals surface area (Å²) >= 11 is 0. The third-order valence-electron chi connectivity index (χ3n) is 6.71. The third kappa shape index (κ3) is 7.22. The van der Waals surface area contributed by atoms with Gasteiger partial charge in [-0.25, -0.2) is 15.0 Å². The van der Waals surface area contributed by atoms with Crippen molar-refractivity contribution in [2.45, 2.75) is 51.8 Å². The summed E-state index contributed by atoms with van der Waals surface area (Å²) < 4.78 is 45.9. The number of hydrogen-bond donors (Lipinski definition) is 3. The number of halogens is 3. The maximum atomic E-state index is 13.3. The van der Waals surface area contributed by atoms with Crippen LogP contribution < -0.4 is 20.7 Å². The molecule has 2 aliphatic heterocycles. The van der Waals surface area contributed by atoms with E-state index in [4.69, 9.17) is 10.5 Å². The normalized spacial score (nSPS) is 21.2. The number of aliphatic hydroxyl groups excluding tert-OH is 1. The summed E-state index contributed by atoms with van der Waals surface area (Å²) in [6.07, 6.45) is 0.419. The van der Waals surface area contributed by atoms with Gasteiger partial charge in [-0.15, -0.1) is 0 Å². The van der Waals surface area contributed by atoms with E-state index < -0.39 is 18.4 Å². The van der Waals surface area contributed by atoms with Crippen LogP contribution in [0.5, 0.6) is 5.75 Å². The predicted octanol–water partition coefficient (Wildman–Crippen LogP) is 3.22. The van der Waals surface area contributed by atoms with Gasteiger partial charge in [0.05, 0.1) is 5.71 Å². The Kier molecular flexibility index (Phi) is 9.03. The van der Waals surface area contributed by atoms with Crippen LogP contribution in [0.4, 0.5) is 24.8 Å². The molecule has 4 heterocycles. The number of nitrogens with two attached hydrogens (primary N) is 1. The Morgan fingerprint density at radius 1 is 1.21 bits per heavy atom. The average molecular weight is 549 g/mol. The Labute approximate surface area is 225 Å². The van der Waals surface area contributed by atoms with Crippen LogP contribution in [0, 0.1) is 5.92 Å². The lowest BCUT2D eigenvalue weighted by Gasteiger charge is -2.38. The topological polar surface area (TPSA) is 125 Å². The van der Waals surface area contributed by atoms with Crippen LogP contribution in [0.2, 0.25) is 0 Å². The molecule has 212 valence electrons. The van der Waals surface area contributed by atoms with Gasteiger partial charge in [0.15, 0.2) is 17.9 Å². The molecular weight excluding hydrogens is 513 g/mol. The minimum atomic E-state index is -4.69. The van der Waals surface area contributed by atoms with Gasteiger partial charge in [0.25, 0.3) is 0 Å². The van der Waals surface area contributed by atoms with Crippen molar-refractivity contribution in [1.82, 2.24) is 19.9 Å². The zero-order valence-corrected chi connectivity index (χ0v) is 22.3. The molecule has 1 fully saturated rings. The highest BCUT2D eigenvalue weighted by Crippen LogP contribution is 2.30. The summed E-state index contributed by atoms with van der Waals surface area (Å²) in [7, 11) is 0. The van der Waals surface area contributed by atoms with Crippen molar-refractivity contribution in [3.8, 4) is 5.75 Å². The summed E-state index contributed by atoms with van der Waals surface area (Å²) in [5.74, 6) is -0.0612. The highest BCUT2D eigenvalue weighted by atomic mass is 19.4. The molecule has 2 aromatic heterocycles. The molecule has 0 saturated carbocycles. The SMILES string of the molecule is CCC1C=CC(COc2cccnc2N2CCN(C(O)Nc3cc(C(C)C)nc(C(F)(F)F)n3)CC2)=NC1N. The van der Waals surface area contributed by atoms with E-state index in [-0.39, 0.29) is 36.1 Å². The van der Waals surface area contributed by atoms with Gasteiger partial charge < -0.3 is 25.8 Å². The molecule has 2 aromatic rings.